The van der Waals surface area contributed by atoms with Gasteiger partial charge < -0.3 is 5.32 Å². The lowest BCUT2D eigenvalue weighted by molar-refractivity contribution is -0.115. The molecule has 0 saturated carbocycles. The normalized spacial score (nSPS) is 13.7. The summed E-state index contributed by atoms with van der Waals surface area (Å²) in [7, 11) is 0. The summed E-state index contributed by atoms with van der Waals surface area (Å²) >= 11 is 0. The molecule has 0 spiro atoms. The summed E-state index contributed by atoms with van der Waals surface area (Å²) in [5, 5.41) is 6.92. The number of carbonyl (C=O) groups is 2. The Labute approximate surface area is 151 Å². The molecular weight excluding hydrogens is 330 g/mol. The molecule has 0 bridgehead atoms. The molecule has 1 heterocycles. The van der Waals surface area contributed by atoms with E-state index < -0.39 is 5.91 Å². The largest absolute Gasteiger partial charge is 0.325 e. The molecule has 26 heavy (non-hydrogen) atoms. The van der Waals surface area contributed by atoms with Crippen molar-refractivity contribution < 1.29 is 9.59 Å². The molecule has 1 aromatic heterocycles. The maximum Gasteiger partial charge on any atom is 0.291 e. The van der Waals surface area contributed by atoms with Crippen molar-refractivity contribution in [2.45, 2.75) is 39.0 Å². The Kier molecular flexibility index (Phi) is 5.68. The van der Waals surface area contributed by atoms with Gasteiger partial charge in [-0.05, 0) is 49.8 Å². The Bertz CT molecular complexity index is 833. The topological polar surface area (TPSA) is 96.3 Å². The van der Waals surface area contributed by atoms with Crippen LogP contribution in [0.2, 0.25) is 0 Å². The third-order valence-corrected chi connectivity index (χ3v) is 4.23. The van der Waals surface area contributed by atoms with Crippen LogP contribution in [-0.2, 0) is 17.6 Å². The van der Waals surface area contributed by atoms with Crippen molar-refractivity contribution in [3.05, 3.63) is 53.6 Å². The van der Waals surface area contributed by atoms with Gasteiger partial charge in [-0.1, -0.05) is 12.1 Å². The fraction of sp³-hybridized carbons (Fsp3) is 0.316. The molecule has 2 N–H and O–H groups in total. The number of carbonyl (C=O) groups excluding carboxylic acids is 2. The van der Waals surface area contributed by atoms with Crippen LogP contribution < -0.4 is 10.7 Å². The van der Waals surface area contributed by atoms with E-state index in [9.17, 15) is 9.59 Å². The molecule has 0 atom stereocenters. The van der Waals surface area contributed by atoms with Gasteiger partial charge in [0, 0.05) is 23.8 Å². The lowest BCUT2D eigenvalue weighted by Gasteiger charge is -2.19. The van der Waals surface area contributed by atoms with Gasteiger partial charge in [-0.15, -0.1) is 0 Å². The first-order chi connectivity index (χ1) is 12.6. The van der Waals surface area contributed by atoms with Gasteiger partial charge in [0.25, 0.3) is 5.91 Å². The molecule has 2 aromatic rings. The summed E-state index contributed by atoms with van der Waals surface area (Å²) in [6.07, 6.45) is 8.77. The van der Waals surface area contributed by atoms with Crippen molar-refractivity contribution in [3.8, 4) is 0 Å². The predicted molar refractivity (Wildman–Crippen MR) is 98.9 cm³/mol. The Balaban J connectivity index is 1.57. The quantitative estimate of drug-likeness (QED) is 0.639. The number of fused-ring (bicyclic) bond motifs is 1. The number of nitrogens with one attached hydrogen (secondary N) is 2. The molecule has 0 saturated heterocycles. The van der Waals surface area contributed by atoms with Crippen molar-refractivity contribution in [3.63, 3.8) is 0 Å². The molecule has 1 aromatic carbocycles. The molecule has 7 nitrogen and oxygen atoms in total. The highest BCUT2D eigenvalue weighted by Gasteiger charge is 2.15. The predicted octanol–water partition coefficient (Wildman–Crippen LogP) is 2.49. The summed E-state index contributed by atoms with van der Waals surface area (Å²) in [4.78, 5) is 31.9. The minimum atomic E-state index is -0.463. The van der Waals surface area contributed by atoms with Crippen molar-refractivity contribution >= 4 is 23.2 Å². The van der Waals surface area contributed by atoms with E-state index in [1.807, 2.05) is 12.1 Å². The van der Waals surface area contributed by atoms with Crippen LogP contribution in [0.3, 0.4) is 0 Å². The second-order valence-electron chi connectivity index (χ2n) is 6.25. The van der Waals surface area contributed by atoms with Gasteiger partial charge in [0.1, 0.15) is 5.69 Å². The fourth-order valence-corrected chi connectivity index (χ4v) is 2.98. The van der Waals surface area contributed by atoms with Gasteiger partial charge in [0.05, 0.1) is 12.6 Å². The van der Waals surface area contributed by atoms with Gasteiger partial charge in [0.15, 0.2) is 0 Å². The fourth-order valence-electron chi connectivity index (χ4n) is 2.98. The number of aryl methyl sites for hydroxylation is 1. The first-order valence-electron chi connectivity index (χ1n) is 8.63. The second-order valence-corrected chi connectivity index (χ2v) is 6.25. The van der Waals surface area contributed by atoms with Gasteiger partial charge in [-0.25, -0.2) is 10.4 Å². The molecule has 2 amide bonds. The maximum absolute atomic E-state index is 12.3. The smallest absolute Gasteiger partial charge is 0.291 e. The molecular formula is C19H21N5O2. The molecule has 1 aliphatic rings. The van der Waals surface area contributed by atoms with E-state index in [-0.39, 0.29) is 18.0 Å². The Morgan fingerprint density at radius 1 is 1.19 bits per heavy atom. The number of nitrogens with zero attached hydrogens (tertiary/aromatic N) is 3. The van der Waals surface area contributed by atoms with Crippen LogP contribution in [0.15, 0.2) is 41.9 Å². The number of hydrogen-bond acceptors (Lipinski definition) is 5. The number of aromatic nitrogens is 2. The van der Waals surface area contributed by atoms with Crippen molar-refractivity contribution in [1.82, 2.24) is 15.4 Å². The lowest BCUT2D eigenvalue weighted by Crippen LogP contribution is -2.22. The molecule has 1 aliphatic carbocycles. The van der Waals surface area contributed by atoms with Crippen LogP contribution in [0.5, 0.6) is 0 Å². The van der Waals surface area contributed by atoms with Gasteiger partial charge >= 0.3 is 0 Å². The summed E-state index contributed by atoms with van der Waals surface area (Å²) < 4.78 is 0. The zero-order chi connectivity index (χ0) is 18.4. The summed E-state index contributed by atoms with van der Waals surface area (Å²) in [6.45, 7) is 1.69. The highest BCUT2D eigenvalue weighted by atomic mass is 16.2. The van der Waals surface area contributed by atoms with Crippen LogP contribution in [0, 0.1) is 0 Å². The third kappa shape index (κ3) is 4.50. The van der Waals surface area contributed by atoms with E-state index in [1.54, 1.807) is 6.92 Å². The van der Waals surface area contributed by atoms with Crippen molar-refractivity contribution in [1.29, 1.82) is 0 Å². The highest BCUT2D eigenvalue weighted by Crippen LogP contribution is 2.27. The summed E-state index contributed by atoms with van der Waals surface area (Å²) in [5.41, 5.74) is 6.49. The standard InChI is InChI=1S/C19H21N5O2/c1-13(23-24-19(26)17-12-20-9-10-21-17)11-18(25)22-16-8-4-6-14-5-2-3-7-15(14)16/h4,6,8-10,12H,2-3,5,7,11H2,1H3,(H,22,25)(H,24,26)/b23-13-. The van der Waals surface area contributed by atoms with E-state index in [0.29, 0.717) is 5.71 Å². The maximum atomic E-state index is 12.3. The minimum Gasteiger partial charge on any atom is -0.325 e. The molecule has 0 radical (unpaired) electrons. The van der Waals surface area contributed by atoms with Crippen molar-refractivity contribution in [2.75, 3.05) is 5.32 Å². The number of anilines is 1. The molecule has 0 unspecified atom stereocenters. The van der Waals surface area contributed by atoms with Crippen molar-refractivity contribution in [2.24, 2.45) is 5.10 Å². The molecule has 0 fully saturated rings. The average Bonchev–Trinajstić information content (AvgIpc) is 2.67. The Hall–Kier alpha value is -3.09. The van der Waals surface area contributed by atoms with Crippen LogP contribution in [-0.4, -0.2) is 27.5 Å². The molecule has 7 heteroatoms. The minimum absolute atomic E-state index is 0.102. The number of benzene rings is 1. The van der Waals surface area contributed by atoms with Crippen LogP contribution in [0.25, 0.3) is 0 Å². The SMILES string of the molecule is C/C(CC(=O)Nc1cccc2c1CCCC2)=N/NC(=O)c1cnccn1. The van der Waals surface area contributed by atoms with E-state index in [2.05, 4.69) is 31.9 Å². The van der Waals surface area contributed by atoms with E-state index >= 15 is 0 Å². The Morgan fingerprint density at radius 3 is 2.85 bits per heavy atom. The van der Waals surface area contributed by atoms with Crippen LogP contribution >= 0.6 is 0 Å². The zero-order valence-electron chi connectivity index (χ0n) is 14.7. The number of hydrogen-bond donors (Lipinski definition) is 2. The first kappa shape index (κ1) is 17.7. The monoisotopic (exact) mass is 351 g/mol. The Morgan fingerprint density at radius 2 is 2.04 bits per heavy atom. The number of hydrazone groups is 1. The molecule has 134 valence electrons. The van der Waals surface area contributed by atoms with Crippen LogP contribution in [0.1, 0.15) is 47.8 Å². The lowest BCUT2D eigenvalue weighted by atomic mass is 9.90. The second kappa shape index (κ2) is 8.33. The summed E-state index contributed by atoms with van der Waals surface area (Å²) in [5.74, 6) is -0.617. The van der Waals surface area contributed by atoms with Crippen LogP contribution in [0.4, 0.5) is 5.69 Å². The molecule has 0 aliphatic heterocycles. The van der Waals surface area contributed by atoms with Gasteiger partial charge in [0.2, 0.25) is 5.91 Å². The van der Waals surface area contributed by atoms with E-state index in [0.717, 1.165) is 24.9 Å². The summed E-state index contributed by atoms with van der Waals surface area (Å²) in [6, 6.07) is 6.03. The van der Waals surface area contributed by atoms with Gasteiger partial charge in [-0.3, -0.25) is 14.6 Å². The van der Waals surface area contributed by atoms with Gasteiger partial charge in [-0.2, -0.15) is 5.10 Å². The molecule has 3 rings (SSSR count). The number of rotatable bonds is 5. The zero-order valence-corrected chi connectivity index (χ0v) is 14.7. The van der Waals surface area contributed by atoms with E-state index in [1.165, 1.54) is 36.1 Å². The highest BCUT2D eigenvalue weighted by molar-refractivity contribution is 6.06. The average molecular weight is 351 g/mol. The third-order valence-electron chi connectivity index (χ3n) is 4.23. The first-order valence-corrected chi connectivity index (χ1v) is 8.63. The number of amides is 2. The van der Waals surface area contributed by atoms with E-state index in [4.69, 9.17) is 0 Å².